The minimum Gasteiger partial charge on any atom is -0.456 e. The lowest BCUT2D eigenvalue weighted by Crippen LogP contribution is -2.21. The standard InChI is InChI=1S/C19H19ClN2O4/c1-13-6-8-14(9-7-13)21-18(24)12-26-19(25)11-10-17(23)22-16-5-3-2-4-15(16)20/h2-9H,10-12H2,1H3,(H,21,24)(H,22,23). The molecule has 0 atom stereocenters. The first kappa shape index (κ1) is 19.5. The Morgan fingerprint density at radius 1 is 0.923 bits per heavy atom. The molecule has 7 heteroatoms. The van der Waals surface area contributed by atoms with E-state index in [2.05, 4.69) is 10.6 Å². The van der Waals surface area contributed by atoms with Crippen LogP contribution in [-0.2, 0) is 19.1 Å². The van der Waals surface area contributed by atoms with Crippen LogP contribution in [0.1, 0.15) is 18.4 Å². The van der Waals surface area contributed by atoms with Crippen molar-refractivity contribution in [3.05, 3.63) is 59.1 Å². The van der Waals surface area contributed by atoms with Crippen molar-refractivity contribution in [1.82, 2.24) is 0 Å². The van der Waals surface area contributed by atoms with Gasteiger partial charge in [0, 0.05) is 12.1 Å². The number of anilines is 2. The summed E-state index contributed by atoms with van der Waals surface area (Å²) in [5.74, 6) is -1.43. The van der Waals surface area contributed by atoms with Crippen molar-refractivity contribution in [3.8, 4) is 0 Å². The third-order valence-corrected chi connectivity index (χ3v) is 3.73. The second-order valence-electron chi connectivity index (χ2n) is 5.60. The van der Waals surface area contributed by atoms with Crippen molar-refractivity contribution in [2.75, 3.05) is 17.2 Å². The molecule has 2 amide bonds. The first-order valence-corrected chi connectivity index (χ1v) is 8.38. The van der Waals surface area contributed by atoms with Crippen LogP contribution >= 0.6 is 11.6 Å². The molecule has 2 N–H and O–H groups in total. The van der Waals surface area contributed by atoms with Crippen molar-refractivity contribution in [2.45, 2.75) is 19.8 Å². The molecule has 2 aromatic rings. The van der Waals surface area contributed by atoms with Gasteiger partial charge < -0.3 is 15.4 Å². The van der Waals surface area contributed by atoms with Crippen LogP contribution < -0.4 is 10.6 Å². The monoisotopic (exact) mass is 374 g/mol. The maximum atomic E-state index is 11.8. The molecular weight excluding hydrogens is 356 g/mol. The number of hydrogen-bond acceptors (Lipinski definition) is 4. The van der Waals surface area contributed by atoms with Gasteiger partial charge >= 0.3 is 5.97 Å². The molecule has 0 saturated heterocycles. The van der Waals surface area contributed by atoms with Gasteiger partial charge in [-0.1, -0.05) is 41.4 Å². The average molecular weight is 375 g/mol. The Bertz CT molecular complexity index is 790. The summed E-state index contributed by atoms with van der Waals surface area (Å²) in [5.41, 5.74) is 2.17. The molecule has 2 aromatic carbocycles. The smallest absolute Gasteiger partial charge is 0.306 e. The number of carbonyl (C=O) groups excluding carboxylic acids is 3. The molecule has 136 valence electrons. The molecule has 0 radical (unpaired) electrons. The van der Waals surface area contributed by atoms with Crippen LogP contribution in [0.15, 0.2) is 48.5 Å². The first-order chi connectivity index (χ1) is 12.4. The number of amides is 2. The number of carbonyl (C=O) groups is 3. The van der Waals surface area contributed by atoms with E-state index >= 15 is 0 Å². The summed E-state index contributed by atoms with van der Waals surface area (Å²) < 4.78 is 4.87. The fraction of sp³-hybridized carbons (Fsp3) is 0.211. The van der Waals surface area contributed by atoms with Gasteiger partial charge in [-0.2, -0.15) is 0 Å². The Labute approximate surface area is 156 Å². The van der Waals surface area contributed by atoms with Gasteiger partial charge in [0.05, 0.1) is 17.1 Å². The lowest BCUT2D eigenvalue weighted by Gasteiger charge is -2.08. The molecule has 26 heavy (non-hydrogen) atoms. The highest BCUT2D eigenvalue weighted by Gasteiger charge is 2.11. The number of halogens is 1. The third kappa shape index (κ3) is 6.57. The maximum Gasteiger partial charge on any atom is 0.306 e. The van der Waals surface area contributed by atoms with E-state index in [1.54, 1.807) is 36.4 Å². The van der Waals surface area contributed by atoms with Gasteiger partial charge in [0.15, 0.2) is 6.61 Å². The van der Waals surface area contributed by atoms with E-state index in [0.29, 0.717) is 16.4 Å². The van der Waals surface area contributed by atoms with E-state index in [1.165, 1.54) is 0 Å². The van der Waals surface area contributed by atoms with Crippen molar-refractivity contribution >= 4 is 40.8 Å². The molecule has 0 aliphatic heterocycles. The number of ether oxygens (including phenoxy) is 1. The summed E-state index contributed by atoms with van der Waals surface area (Å²) in [6.45, 7) is 1.54. The second-order valence-corrected chi connectivity index (χ2v) is 6.01. The molecule has 0 spiro atoms. The van der Waals surface area contributed by atoms with E-state index in [1.807, 2.05) is 19.1 Å². The lowest BCUT2D eigenvalue weighted by molar-refractivity contribution is -0.147. The topological polar surface area (TPSA) is 84.5 Å². The first-order valence-electron chi connectivity index (χ1n) is 8.00. The minimum atomic E-state index is -0.627. The molecule has 6 nitrogen and oxygen atoms in total. The quantitative estimate of drug-likeness (QED) is 0.726. The fourth-order valence-corrected chi connectivity index (χ4v) is 2.23. The zero-order valence-corrected chi connectivity index (χ0v) is 15.0. The predicted octanol–water partition coefficient (Wildman–Crippen LogP) is 3.55. The molecule has 0 saturated carbocycles. The number of esters is 1. The van der Waals surface area contributed by atoms with Crippen LogP contribution in [0.4, 0.5) is 11.4 Å². The zero-order chi connectivity index (χ0) is 18.9. The summed E-state index contributed by atoms with van der Waals surface area (Å²) in [6.07, 6.45) is -0.197. The summed E-state index contributed by atoms with van der Waals surface area (Å²) in [6, 6.07) is 14.0. The van der Waals surface area contributed by atoms with Crippen molar-refractivity contribution in [1.29, 1.82) is 0 Å². The van der Waals surface area contributed by atoms with Crippen LogP contribution in [0.2, 0.25) is 5.02 Å². The molecule has 0 aliphatic rings. The Hall–Kier alpha value is -2.86. The van der Waals surface area contributed by atoms with Crippen LogP contribution in [0.25, 0.3) is 0 Å². The van der Waals surface area contributed by atoms with Gasteiger partial charge in [0.2, 0.25) is 5.91 Å². The number of hydrogen-bond donors (Lipinski definition) is 2. The Balaban J connectivity index is 1.68. The normalized spacial score (nSPS) is 10.1. The number of rotatable bonds is 7. The molecule has 0 bridgehead atoms. The molecule has 0 fully saturated rings. The molecule has 0 unspecified atom stereocenters. The van der Waals surface area contributed by atoms with Gasteiger partial charge in [-0.3, -0.25) is 14.4 Å². The van der Waals surface area contributed by atoms with Gasteiger partial charge in [-0.05, 0) is 31.2 Å². The van der Waals surface area contributed by atoms with Gasteiger partial charge in [0.25, 0.3) is 5.91 Å². The molecule has 0 heterocycles. The summed E-state index contributed by atoms with van der Waals surface area (Å²) >= 11 is 5.94. The number of para-hydroxylation sites is 1. The lowest BCUT2D eigenvalue weighted by atomic mass is 10.2. The predicted molar refractivity (Wildman–Crippen MR) is 100 cm³/mol. The van der Waals surface area contributed by atoms with Gasteiger partial charge in [-0.25, -0.2) is 0 Å². The molecule has 0 aliphatic carbocycles. The summed E-state index contributed by atoms with van der Waals surface area (Å²) in [4.78, 5) is 35.2. The van der Waals surface area contributed by atoms with Crippen molar-refractivity contribution in [2.24, 2.45) is 0 Å². The van der Waals surface area contributed by atoms with Crippen LogP contribution in [0, 0.1) is 6.92 Å². The van der Waals surface area contributed by atoms with E-state index in [4.69, 9.17) is 16.3 Å². The highest BCUT2D eigenvalue weighted by Crippen LogP contribution is 2.20. The average Bonchev–Trinajstić information content (AvgIpc) is 2.62. The van der Waals surface area contributed by atoms with Crippen LogP contribution in [-0.4, -0.2) is 24.4 Å². The van der Waals surface area contributed by atoms with E-state index in [9.17, 15) is 14.4 Å². The van der Waals surface area contributed by atoms with Gasteiger partial charge in [-0.15, -0.1) is 0 Å². The highest BCUT2D eigenvalue weighted by atomic mass is 35.5. The van der Waals surface area contributed by atoms with E-state index in [0.717, 1.165) is 5.56 Å². The van der Waals surface area contributed by atoms with Crippen molar-refractivity contribution < 1.29 is 19.1 Å². The zero-order valence-electron chi connectivity index (χ0n) is 14.3. The van der Waals surface area contributed by atoms with Crippen LogP contribution in [0.5, 0.6) is 0 Å². The van der Waals surface area contributed by atoms with Crippen molar-refractivity contribution in [3.63, 3.8) is 0 Å². The minimum absolute atomic E-state index is 0.0658. The summed E-state index contributed by atoms with van der Waals surface area (Å²) in [5, 5.41) is 5.64. The Morgan fingerprint density at radius 3 is 2.31 bits per heavy atom. The molecule has 0 aromatic heterocycles. The third-order valence-electron chi connectivity index (χ3n) is 3.40. The van der Waals surface area contributed by atoms with E-state index in [-0.39, 0.29) is 18.7 Å². The molecule has 2 rings (SSSR count). The summed E-state index contributed by atoms with van der Waals surface area (Å²) in [7, 11) is 0. The Morgan fingerprint density at radius 2 is 1.62 bits per heavy atom. The fourth-order valence-electron chi connectivity index (χ4n) is 2.04. The van der Waals surface area contributed by atoms with Gasteiger partial charge in [0.1, 0.15) is 0 Å². The highest BCUT2D eigenvalue weighted by molar-refractivity contribution is 6.33. The maximum absolute atomic E-state index is 11.8. The second kappa shape index (κ2) is 9.58. The van der Waals surface area contributed by atoms with E-state index < -0.39 is 18.5 Å². The largest absolute Gasteiger partial charge is 0.456 e. The van der Waals surface area contributed by atoms with Crippen LogP contribution in [0.3, 0.4) is 0 Å². The molecular formula is C19H19ClN2O4. The SMILES string of the molecule is Cc1ccc(NC(=O)COC(=O)CCC(=O)Nc2ccccc2Cl)cc1. The Kier molecular flexibility index (Phi) is 7.17. The number of benzene rings is 2. The number of nitrogens with one attached hydrogen (secondary N) is 2. The number of aryl methyl sites for hydroxylation is 1.